The molecule has 1 fully saturated rings. The number of benzene rings is 2. The van der Waals surface area contributed by atoms with E-state index in [0.29, 0.717) is 6.04 Å². The molecule has 0 bridgehead atoms. The molecular formula is C21H27Cl2NO2. The Labute approximate surface area is 167 Å². The van der Waals surface area contributed by atoms with Crippen molar-refractivity contribution in [3.05, 3.63) is 58.6 Å². The SMILES string of the molecule is COc1ccc(CCN2CCCC2Cc2cccc(Cl)c2)cc1OC.Cl. The van der Waals surface area contributed by atoms with Crippen molar-refractivity contribution >= 4 is 24.0 Å². The van der Waals surface area contributed by atoms with Crippen molar-refractivity contribution in [2.45, 2.75) is 31.7 Å². The maximum Gasteiger partial charge on any atom is 0.160 e. The molecule has 0 amide bonds. The standard InChI is InChI=1S/C21H26ClNO2.ClH/c1-24-20-9-8-16(15-21(20)25-2)10-12-23-11-4-7-19(23)14-17-5-3-6-18(22)13-17;/h3,5-6,8-9,13,15,19H,4,7,10-12,14H2,1-2H3;1H. The van der Waals surface area contributed by atoms with Crippen LogP contribution in [0.3, 0.4) is 0 Å². The van der Waals surface area contributed by atoms with Crippen LogP contribution in [0.15, 0.2) is 42.5 Å². The third-order valence-corrected chi connectivity index (χ3v) is 5.23. The fourth-order valence-electron chi connectivity index (χ4n) is 3.67. The van der Waals surface area contributed by atoms with E-state index in [-0.39, 0.29) is 12.4 Å². The summed E-state index contributed by atoms with van der Waals surface area (Å²) in [6.45, 7) is 2.25. The number of rotatable bonds is 7. The minimum atomic E-state index is 0. The maximum absolute atomic E-state index is 6.13. The number of likely N-dealkylation sites (tertiary alicyclic amines) is 1. The summed E-state index contributed by atoms with van der Waals surface area (Å²) < 4.78 is 10.7. The van der Waals surface area contributed by atoms with Gasteiger partial charge in [0.1, 0.15) is 0 Å². The Balaban J connectivity index is 0.00000243. The van der Waals surface area contributed by atoms with E-state index in [1.54, 1.807) is 14.2 Å². The highest BCUT2D eigenvalue weighted by molar-refractivity contribution is 6.30. The van der Waals surface area contributed by atoms with Crippen molar-refractivity contribution in [2.24, 2.45) is 0 Å². The molecule has 0 aromatic heterocycles. The molecule has 1 aliphatic rings. The zero-order valence-electron chi connectivity index (χ0n) is 15.4. The normalized spacial score (nSPS) is 17.0. The second-order valence-corrected chi connectivity index (χ2v) is 7.04. The molecule has 1 aliphatic heterocycles. The first-order valence-electron chi connectivity index (χ1n) is 8.89. The summed E-state index contributed by atoms with van der Waals surface area (Å²) in [4.78, 5) is 2.61. The predicted molar refractivity (Wildman–Crippen MR) is 110 cm³/mol. The van der Waals surface area contributed by atoms with E-state index in [0.717, 1.165) is 35.9 Å². The Morgan fingerprint density at radius 1 is 1.04 bits per heavy atom. The lowest BCUT2D eigenvalue weighted by Crippen LogP contribution is -2.32. The van der Waals surface area contributed by atoms with Gasteiger partial charge in [0.05, 0.1) is 14.2 Å². The summed E-state index contributed by atoms with van der Waals surface area (Å²) in [5.74, 6) is 1.59. The highest BCUT2D eigenvalue weighted by atomic mass is 35.5. The van der Waals surface area contributed by atoms with Gasteiger partial charge in [-0.1, -0.05) is 29.8 Å². The highest BCUT2D eigenvalue weighted by Crippen LogP contribution is 2.28. The average molecular weight is 396 g/mol. The molecule has 1 heterocycles. The van der Waals surface area contributed by atoms with E-state index in [1.807, 2.05) is 18.2 Å². The lowest BCUT2D eigenvalue weighted by Gasteiger charge is -2.24. The lowest BCUT2D eigenvalue weighted by atomic mass is 10.0. The van der Waals surface area contributed by atoms with Gasteiger partial charge in [-0.25, -0.2) is 0 Å². The molecule has 26 heavy (non-hydrogen) atoms. The lowest BCUT2D eigenvalue weighted by molar-refractivity contribution is 0.255. The molecule has 3 nitrogen and oxygen atoms in total. The Bertz CT molecular complexity index is 708. The molecule has 1 unspecified atom stereocenters. The summed E-state index contributed by atoms with van der Waals surface area (Å²) in [6.07, 6.45) is 4.63. The van der Waals surface area contributed by atoms with Gasteiger partial charge in [-0.15, -0.1) is 12.4 Å². The molecule has 2 aromatic rings. The molecule has 3 rings (SSSR count). The molecule has 1 saturated heterocycles. The highest BCUT2D eigenvalue weighted by Gasteiger charge is 2.24. The van der Waals surface area contributed by atoms with Crippen LogP contribution < -0.4 is 9.47 Å². The van der Waals surface area contributed by atoms with Crippen LogP contribution in [0.4, 0.5) is 0 Å². The molecule has 5 heteroatoms. The van der Waals surface area contributed by atoms with Gasteiger partial charge < -0.3 is 9.47 Å². The van der Waals surface area contributed by atoms with Crippen molar-refractivity contribution in [3.63, 3.8) is 0 Å². The van der Waals surface area contributed by atoms with Crippen LogP contribution in [0.25, 0.3) is 0 Å². The number of hydrogen-bond acceptors (Lipinski definition) is 3. The molecule has 0 radical (unpaired) electrons. The number of ether oxygens (including phenoxy) is 2. The Hall–Kier alpha value is -1.42. The minimum Gasteiger partial charge on any atom is -0.493 e. The summed E-state index contributed by atoms with van der Waals surface area (Å²) in [5.41, 5.74) is 2.61. The number of halogens is 2. The van der Waals surface area contributed by atoms with Crippen LogP contribution in [-0.2, 0) is 12.8 Å². The zero-order valence-corrected chi connectivity index (χ0v) is 17.0. The van der Waals surface area contributed by atoms with Crippen LogP contribution in [-0.4, -0.2) is 38.3 Å². The van der Waals surface area contributed by atoms with Gasteiger partial charge in [0, 0.05) is 17.6 Å². The van der Waals surface area contributed by atoms with Crippen molar-refractivity contribution in [1.82, 2.24) is 4.90 Å². The molecule has 0 N–H and O–H groups in total. The monoisotopic (exact) mass is 395 g/mol. The first kappa shape index (κ1) is 20.9. The van der Waals surface area contributed by atoms with E-state index in [4.69, 9.17) is 21.1 Å². The summed E-state index contributed by atoms with van der Waals surface area (Å²) in [6, 6.07) is 15.1. The third kappa shape index (κ3) is 5.29. The Kier molecular flexibility index (Phi) is 8.08. The molecule has 2 aromatic carbocycles. The molecule has 0 aliphatic carbocycles. The van der Waals surface area contributed by atoms with Crippen LogP contribution in [0.2, 0.25) is 5.02 Å². The van der Waals surface area contributed by atoms with Crippen molar-refractivity contribution in [2.75, 3.05) is 27.3 Å². The third-order valence-electron chi connectivity index (χ3n) is 5.00. The molecule has 142 valence electrons. The van der Waals surface area contributed by atoms with E-state index in [2.05, 4.69) is 29.2 Å². The van der Waals surface area contributed by atoms with Gasteiger partial charge in [0.15, 0.2) is 11.5 Å². The predicted octanol–water partition coefficient (Wildman–Crippen LogP) is 5.03. The number of nitrogens with zero attached hydrogens (tertiary/aromatic N) is 1. The Morgan fingerprint density at radius 2 is 1.85 bits per heavy atom. The fourth-order valence-corrected chi connectivity index (χ4v) is 3.88. The number of methoxy groups -OCH3 is 2. The van der Waals surface area contributed by atoms with Crippen LogP contribution in [0.5, 0.6) is 11.5 Å². The second kappa shape index (κ2) is 10.1. The summed E-state index contributed by atoms with van der Waals surface area (Å²) >= 11 is 6.13. The van der Waals surface area contributed by atoms with Crippen molar-refractivity contribution in [3.8, 4) is 11.5 Å². The molecule has 1 atom stereocenters. The second-order valence-electron chi connectivity index (χ2n) is 6.61. The smallest absolute Gasteiger partial charge is 0.160 e. The maximum atomic E-state index is 6.13. The van der Waals surface area contributed by atoms with Gasteiger partial charge in [0.25, 0.3) is 0 Å². The average Bonchev–Trinajstić information content (AvgIpc) is 3.06. The molecule has 0 saturated carbocycles. The quantitative estimate of drug-likeness (QED) is 0.655. The first-order valence-corrected chi connectivity index (χ1v) is 9.27. The van der Waals surface area contributed by atoms with Gasteiger partial charge >= 0.3 is 0 Å². The number of hydrogen-bond donors (Lipinski definition) is 0. The van der Waals surface area contributed by atoms with Crippen molar-refractivity contribution in [1.29, 1.82) is 0 Å². The van der Waals surface area contributed by atoms with Crippen LogP contribution in [0.1, 0.15) is 24.0 Å². The van der Waals surface area contributed by atoms with Crippen molar-refractivity contribution < 1.29 is 9.47 Å². The van der Waals surface area contributed by atoms with Gasteiger partial charge in [-0.3, -0.25) is 4.90 Å². The first-order chi connectivity index (χ1) is 12.2. The molecular weight excluding hydrogens is 369 g/mol. The van der Waals surface area contributed by atoms with Crippen LogP contribution >= 0.6 is 24.0 Å². The van der Waals surface area contributed by atoms with Crippen LogP contribution in [0, 0.1) is 0 Å². The summed E-state index contributed by atoms with van der Waals surface area (Å²) in [5, 5.41) is 0.826. The van der Waals surface area contributed by atoms with E-state index in [1.165, 1.54) is 30.5 Å². The Morgan fingerprint density at radius 3 is 2.58 bits per heavy atom. The minimum absolute atomic E-state index is 0. The van der Waals surface area contributed by atoms with Gasteiger partial charge in [-0.2, -0.15) is 0 Å². The van der Waals surface area contributed by atoms with E-state index >= 15 is 0 Å². The van der Waals surface area contributed by atoms with Gasteiger partial charge in [-0.05, 0) is 67.6 Å². The zero-order chi connectivity index (χ0) is 17.6. The summed E-state index contributed by atoms with van der Waals surface area (Å²) in [7, 11) is 3.35. The van der Waals surface area contributed by atoms with E-state index < -0.39 is 0 Å². The fraction of sp³-hybridized carbons (Fsp3) is 0.429. The largest absolute Gasteiger partial charge is 0.493 e. The van der Waals surface area contributed by atoms with Gasteiger partial charge in [0.2, 0.25) is 0 Å². The topological polar surface area (TPSA) is 21.7 Å². The molecule has 0 spiro atoms. The van der Waals surface area contributed by atoms with E-state index in [9.17, 15) is 0 Å².